The van der Waals surface area contributed by atoms with Gasteiger partial charge in [-0.05, 0) is 42.7 Å². The Morgan fingerprint density at radius 3 is 2.74 bits per heavy atom. The Bertz CT molecular complexity index is 972. The van der Waals surface area contributed by atoms with Crippen LogP contribution in [0, 0.1) is 0 Å². The lowest BCUT2D eigenvalue weighted by Gasteiger charge is -2.24. The van der Waals surface area contributed by atoms with E-state index in [-0.39, 0.29) is 28.9 Å². The van der Waals surface area contributed by atoms with Crippen LogP contribution >= 0.6 is 23.2 Å². The molecule has 0 bridgehead atoms. The fourth-order valence-corrected chi connectivity index (χ4v) is 3.57. The number of likely N-dealkylation sites (tertiary alicyclic amines) is 1. The van der Waals surface area contributed by atoms with Gasteiger partial charge in [0, 0.05) is 30.4 Å². The first kappa shape index (κ1) is 23.1. The van der Waals surface area contributed by atoms with Gasteiger partial charge in [-0.3, -0.25) is 9.59 Å². The molecule has 2 heterocycles. The molecule has 3 rings (SSSR count). The van der Waals surface area contributed by atoms with Gasteiger partial charge in [-0.15, -0.1) is 0 Å². The van der Waals surface area contributed by atoms with Crippen LogP contribution in [0.25, 0.3) is 0 Å². The zero-order valence-electron chi connectivity index (χ0n) is 16.1. The molecule has 6 nitrogen and oxygen atoms in total. The van der Waals surface area contributed by atoms with Crippen molar-refractivity contribution in [2.75, 3.05) is 13.2 Å². The number of nitrogens with zero attached hydrogens (tertiary/aromatic N) is 2. The second kappa shape index (κ2) is 9.74. The number of benzene rings is 1. The normalized spacial score (nSPS) is 16.3. The fourth-order valence-electron chi connectivity index (χ4n) is 3.20. The highest BCUT2D eigenvalue weighted by Crippen LogP contribution is 2.26. The molecule has 1 atom stereocenters. The number of pyridine rings is 1. The average molecular weight is 476 g/mol. The molecular formula is C20H18Cl2F3N3O3. The Morgan fingerprint density at radius 2 is 2.00 bits per heavy atom. The van der Waals surface area contributed by atoms with E-state index in [4.69, 9.17) is 23.2 Å². The van der Waals surface area contributed by atoms with Crippen molar-refractivity contribution in [3.63, 3.8) is 0 Å². The van der Waals surface area contributed by atoms with Crippen molar-refractivity contribution in [2.24, 2.45) is 0 Å². The minimum absolute atomic E-state index is 0.0418. The Kier molecular flexibility index (Phi) is 7.27. The first-order chi connectivity index (χ1) is 14.6. The van der Waals surface area contributed by atoms with Crippen LogP contribution in [0.4, 0.5) is 13.2 Å². The van der Waals surface area contributed by atoms with Crippen molar-refractivity contribution in [3.8, 4) is 5.88 Å². The molecule has 1 N–H and O–H groups in total. The molecule has 166 valence electrons. The minimum Gasteiger partial charge on any atom is -0.468 e. The van der Waals surface area contributed by atoms with E-state index in [2.05, 4.69) is 15.0 Å². The molecular weight excluding hydrogens is 458 g/mol. The smallest absolute Gasteiger partial charge is 0.422 e. The van der Waals surface area contributed by atoms with E-state index in [0.717, 1.165) is 0 Å². The number of hydrogen-bond acceptors (Lipinski definition) is 4. The number of amides is 2. The van der Waals surface area contributed by atoms with Crippen molar-refractivity contribution in [1.82, 2.24) is 15.2 Å². The molecule has 1 aromatic heterocycles. The molecule has 0 aliphatic carbocycles. The number of carbonyl (C=O) groups excluding carboxylic acids is 2. The molecule has 0 radical (unpaired) electrons. The zero-order chi connectivity index (χ0) is 22.6. The van der Waals surface area contributed by atoms with Crippen LogP contribution in [0.2, 0.25) is 10.0 Å². The average Bonchev–Trinajstić information content (AvgIpc) is 3.21. The predicted molar refractivity (Wildman–Crippen MR) is 108 cm³/mol. The van der Waals surface area contributed by atoms with Gasteiger partial charge in [0.2, 0.25) is 11.8 Å². The van der Waals surface area contributed by atoms with Crippen molar-refractivity contribution >= 4 is 35.0 Å². The van der Waals surface area contributed by atoms with E-state index in [9.17, 15) is 22.8 Å². The van der Waals surface area contributed by atoms with E-state index in [1.165, 1.54) is 29.3 Å². The summed E-state index contributed by atoms with van der Waals surface area (Å²) >= 11 is 12.1. The first-order valence-corrected chi connectivity index (χ1v) is 10.1. The Balaban J connectivity index is 1.62. The van der Waals surface area contributed by atoms with Gasteiger partial charge in [-0.2, -0.15) is 13.2 Å². The molecule has 11 heteroatoms. The van der Waals surface area contributed by atoms with E-state index in [1.54, 1.807) is 12.1 Å². The van der Waals surface area contributed by atoms with Crippen molar-refractivity contribution in [3.05, 3.63) is 57.7 Å². The highest BCUT2D eigenvalue weighted by atomic mass is 35.5. The number of alkyl halides is 3. The summed E-state index contributed by atoms with van der Waals surface area (Å²) in [5.74, 6) is -0.965. The topological polar surface area (TPSA) is 71.5 Å². The SMILES string of the molecule is O=C(NCc1ccnc(OCC(F)(F)F)c1)C1CCCN1C(=O)c1cc(Cl)ccc1Cl. The second-order valence-corrected chi connectivity index (χ2v) is 7.75. The van der Waals surface area contributed by atoms with Gasteiger partial charge < -0.3 is 15.0 Å². The molecule has 1 saturated heterocycles. The second-order valence-electron chi connectivity index (χ2n) is 6.90. The third-order valence-corrected chi connectivity index (χ3v) is 5.19. The first-order valence-electron chi connectivity index (χ1n) is 9.32. The molecule has 1 fully saturated rings. The number of halogens is 5. The number of aromatic nitrogens is 1. The standard InChI is InChI=1S/C20H18Cl2F3N3O3/c21-13-3-4-15(22)14(9-13)19(30)28-7-1-2-16(28)18(29)27-10-12-5-6-26-17(8-12)31-11-20(23,24)25/h3-6,8-9,16H,1-2,7,10-11H2,(H,27,29). The van der Waals surface area contributed by atoms with Crippen molar-refractivity contribution in [2.45, 2.75) is 31.6 Å². The maximum Gasteiger partial charge on any atom is 0.422 e. The fraction of sp³-hybridized carbons (Fsp3) is 0.350. The van der Waals surface area contributed by atoms with Crippen LogP contribution < -0.4 is 10.1 Å². The maximum absolute atomic E-state index is 12.9. The van der Waals surface area contributed by atoms with Crippen LogP contribution in [0.5, 0.6) is 5.88 Å². The summed E-state index contributed by atoms with van der Waals surface area (Å²) < 4.78 is 41.5. The van der Waals surface area contributed by atoms with E-state index in [1.807, 2.05) is 0 Å². The lowest BCUT2D eigenvalue weighted by molar-refractivity contribution is -0.154. The van der Waals surface area contributed by atoms with Crippen LogP contribution in [-0.4, -0.2) is 47.1 Å². The summed E-state index contributed by atoms with van der Waals surface area (Å²) in [7, 11) is 0. The van der Waals surface area contributed by atoms with Crippen LogP contribution in [0.15, 0.2) is 36.5 Å². The van der Waals surface area contributed by atoms with Gasteiger partial charge in [0.1, 0.15) is 6.04 Å². The molecule has 2 aromatic rings. The molecule has 2 amide bonds. The quantitative estimate of drug-likeness (QED) is 0.677. The van der Waals surface area contributed by atoms with Crippen LogP contribution in [0.3, 0.4) is 0 Å². The number of rotatable bonds is 6. The molecule has 0 saturated carbocycles. The molecule has 1 aliphatic heterocycles. The van der Waals surface area contributed by atoms with Gasteiger partial charge in [-0.25, -0.2) is 4.98 Å². The van der Waals surface area contributed by atoms with E-state index >= 15 is 0 Å². The molecule has 1 unspecified atom stereocenters. The van der Waals surface area contributed by atoms with E-state index < -0.39 is 24.7 Å². The number of carbonyl (C=O) groups is 2. The summed E-state index contributed by atoms with van der Waals surface area (Å²) in [6.07, 6.45) is -2.06. The zero-order valence-corrected chi connectivity index (χ0v) is 17.6. The summed E-state index contributed by atoms with van der Waals surface area (Å²) in [6.45, 7) is -1.02. The highest BCUT2D eigenvalue weighted by Gasteiger charge is 2.35. The van der Waals surface area contributed by atoms with Crippen molar-refractivity contribution in [1.29, 1.82) is 0 Å². The monoisotopic (exact) mass is 475 g/mol. The lowest BCUT2D eigenvalue weighted by atomic mass is 10.1. The minimum atomic E-state index is -4.48. The van der Waals surface area contributed by atoms with Crippen LogP contribution in [-0.2, 0) is 11.3 Å². The van der Waals surface area contributed by atoms with Gasteiger partial charge in [0.25, 0.3) is 5.91 Å². The van der Waals surface area contributed by atoms with Gasteiger partial charge in [0.05, 0.1) is 10.6 Å². The van der Waals surface area contributed by atoms with Gasteiger partial charge in [-0.1, -0.05) is 23.2 Å². The molecule has 0 spiro atoms. The molecule has 1 aromatic carbocycles. The third-order valence-electron chi connectivity index (χ3n) is 4.62. The number of nitrogens with one attached hydrogen (secondary N) is 1. The Hall–Kier alpha value is -2.52. The maximum atomic E-state index is 12.9. The molecule has 1 aliphatic rings. The van der Waals surface area contributed by atoms with Gasteiger partial charge in [0.15, 0.2) is 6.61 Å². The lowest BCUT2D eigenvalue weighted by Crippen LogP contribution is -2.45. The summed E-state index contributed by atoms with van der Waals surface area (Å²) in [5, 5.41) is 3.30. The van der Waals surface area contributed by atoms with Crippen molar-refractivity contribution < 1.29 is 27.5 Å². The third kappa shape index (κ3) is 6.24. The number of hydrogen-bond donors (Lipinski definition) is 1. The van der Waals surface area contributed by atoms with E-state index in [0.29, 0.717) is 30.0 Å². The predicted octanol–water partition coefficient (Wildman–Crippen LogP) is 4.25. The van der Waals surface area contributed by atoms with Crippen LogP contribution in [0.1, 0.15) is 28.8 Å². The highest BCUT2D eigenvalue weighted by molar-refractivity contribution is 6.35. The number of ether oxygens (including phenoxy) is 1. The summed E-state index contributed by atoms with van der Waals surface area (Å²) in [5.41, 5.74) is 0.726. The Labute approximate surface area is 186 Å². The Morgan fingerprint density at radius 1 is 1.23 bits per heavy atom. The largest absolute Gasteiger partial charge is 0.468 e. The molecule has 31 heavy (non-hydrogen) atoms. The summed E-state index contributed by atoms with van der Waals surface area (Å²) in [6, 6.07) is 6.71. The van der Waals surface area contributed by atoms with Gasteiger partial charge >= 0.3 is 6.18 Å². The summed E-state index contributed by atoms with van der Waals surface area (Å²) in [4.78, 5) is 30.8.